The second-order valence-electron chi connectivity index (χ2n) is 5.48. The molecule has 5 nitrogen and oxygen atoms in total. The molecule has 8 heteroatoms. The van der Waals surface area contributed by atoms with E-state index in [0.717, 1.165) is 18.6 Å². The number of anilines is 3. The Hall–Kier alpha value is -2.38. The maximum Gasteiger partial charge on any atom is 0.416 e. The van der Waals surface area contributed by atoms with Crippen molar-refractivity contribution in [1.82, 2.24) is 15.2 Å². The van der Waals surface area contributed by atoms with Gasteiger partial charge in [-0.2, -0.15) is 23.3 Å². The summed E-state index contributed by atoms with van der Waals surface area (Å²) in [5.74, 6) is 1.20. The maximum absolute atomic E-state index is 12.7. The van der Waals surface area contributed by atoms with E-state index in [0.29, 0.717) is 24.2 Å². The number of benzene rings is 1. The van der Waals surface area contributed by atoms with Gasteiger partial charge in [-0.05, 0) is 30.5 Å². The molecule has 1 aromatic carbocycles. The fourth-order valence-electron chi connectivity index (χ4n) is 1.83. The lowest BCUT2D eigenvalue weighted by Gasteiger charge is -2.11. The van der Waals surface area contributed by atoms with Crippen LogP contribution in [0.2, 0.25) is 0 Å². The Morgan fingerprint density at radius 1 is 1.22 bits per heavy atom. The zero-order chi connectivity index (χ0) is 16.9. The van der Waals surface area contributed by atoms with Crippen molar-refractivity contribution in [2.45, 2.75) is 26.4 Å². The molecule has 2 N–H and O–H groups in total. The van der Waals surface area contributed by atoms with Crippen LogP contribution in [-0.2, 0) is 6.18 Å². The van der Waals surface area contributed by atoms with Gasteiger partial charge >= 0.3 is 6.18 Å². The summed E-state index contributed by atoms with van der Waals surface area (Å²) in [5, 5.41) is 13.5. The first-order valence-corrected chi connectivity index (χ1v) is 7.22. The Labute approximate surface area is 132 Å². The number of nitrogens with one attached hydrogen (secondary N) is 2. The molecule has 0 amide bonds. The van der Waals surface area contributed by atoms with Gasteiger partial charge in [0, 0.05) is 12.2 Å². The monoisotopic (exact) mass is 325 g/mol. The van der Waals surface area contributed by atoms with Crippen molar-refractivity contribution in [2.75, 3.05) is 17.2 Å². The van der Waals surface area contributed by atoms with Crippen LogP contribution in [0, 0.1) is 5.92 Å². The third-order valence-electron chi connectivity index (χ3n) is 3.03. The lowest BCUT2D eigenvalue weighted by Crippen LogP contribution is -2.09. The van der Waals surface area contributed by atoms with E-state index < -0.39 is 11.7 Å². The minimum Gasteiger partial charge on any atom is -0.353 e. The molecular weight excluding hydrogens is 307 g/mol. The minimum atomic E-state index is -4.38. The summed E-state index contributed by atoms with van der Waals surface area (Å²) >= 11 is 0. The summed E-state index contributed by atoms with van der Waals surface area (Å²) < 4.78 is 38.1. The van der Waals surface area contributed by atoms with Crippen LogP contribution in [0.1, 0.15) is 25.8 Å². The van der Waals surface area contributed by atoms with E-state index >= 15 is 0 Å². The molecule has 124 valence electrons. The minimum absolute atomic E-state index is 0.286. The highest BCUT2D eigenvalue weighted by Crippen LogP contribution is 2.31. The molecule has 0 atom stereocenters. The molecule has 0 bridgehead atoms. The summed E-state index contributed by atoms with van der Waals surface area (Å²) in [6.07, 6.45) is -2.08. The predicted molar refractivity (Wildman–Crippen MR) is 82.5 cm³/mol. The van der Waals surface area contributed by atoms with Crippen molar-refractivity contribution >= 4 is 17.5 Å². The third kappa shape index (κ3) is 5.39. The van der Waals surface area contributed by atoms with Gasteiger partial charge in [0.15, 0.2) is 5.82 Å². The van der Waals surface area contributed by atoms with Crippen molar-refractivity contribution in [2.24, 2.45) is 5.92 Å². The number of halogens is 3. The molecule has 0 unspecified atom stereocenters. The molecule has 0 aliphatic heterocycles. The van der Waals surface area contributed by atoms with Crippen molar-refractivity contribution in [1.29, 1.82) is 0 Å². The number of hydrogen-bond donors (Lipinski definition) is 2. The highest BCUT2D eigenvalue weighted by atomic mass is 19.4. The van der Waals surface area contributed by atoms with Crippen molar-refractivity contribution in [3.05, 3.63) is 36.0 Å². The van der Waals surface area contributed by atoms with Gasteiger partial charge < -0.3 is 10.6 Å². The number of hydrogen-bond acceptors (Lipinski definition) is 5. The molecule has 0 saturated heterocycles. The van der Waals surface area contributed by atoms with Crippen LogP contribution in [0.5, 0.6) is 0 Å². The standard InChI is InChI=1S/C15H18F3N5/c1-10(2)6-7-19-14-22-13(9-20-23-14)21-12-5-3-4-11(8-12)15(16,17)18/h3-5,8-10H,6-7H2,1-2H3,(H2,19,21,22,23). The van der Waals surface area contributed by atoms with Crippen LogP contribution in [0.3, 0.4) is 0 Å². The number of nitrogens with zero attached hydrogens (tertiary/aromatic N) is 3. The summed E-state index contributed by atoms with van der Waals surface area (Å²) in [4.78, 5) is 4.18. The molecule has 0 aliphatic rings. The van der Waals surface area contributed by atoms with E-state index in [9.17, 15) is 13.2 Å². The largest absolute Gasteiger partial charge is 0.416 e. The molecule has 1 aromatic heterocycles. The quantitative estimate of drug-likeness (QED) is 0.837. The SMILES string of the molecule is CC(C)CCNc1nncc(Nc2cccc(C(F)(F)F)c2)n1. The van der Waals surface area contributed by atoms with E-state index in [1.807, 2.05) is 0 Å². The fourth-order valence-corrected chi connectivity index (χ4v) is 1.83. The van der Waals surface area contributed by atoms with Crippen LogP contribution in [0.25, 0.3) is 0 Å². The Bertz CT molecular complexity index is 643. The normalized spacial score (nSPS) is 11.6. The van der Waals surface area contributed by atoms with Gasteiger partial charge in [0.05, 0.1) is 11.8 Å². The second-order valence-corrected chi connectivity index (χ2v) is 5.48. The van der Waals surface area contributed by atoms with E-state index in [1.54, 1.807) is 0 Å². The van der Waals surface area contributed by atoms with Crippen molar-refractivity contribution in [3.63, 3.8) is 0 Å². The molecule has 2 aromatic rings. The number of aromatic nitrogens is 3. The molecular formula is C15H18F3N5. The Morgan fingerprint density at radius 3 is 2.70 bits per heavy atom. The molecule has 2 rings (SSSR count). The highest BCUT2D eigenvalue weighted by molar-refractivity contribution is 5.57. The highest BCUT2D eigenvalue weighted by Gasteiger charge is 2.30. The maximum atomic E-state index is 12.7. The molecule has 0 saturated carbocycles. The molecule has 0 spiro atoms. The lowest BCUT2D eigenvalue weighted by atomic mass is 10.1. The first kappa shape index (κ1) is 17.0. The number of alkyl halides is 3. The van der Waals surface area contributed by atoms with Gasteiger partial charge in [0.1, 0.15) is 0 Å². The average Bonchev–Trinajstić information content (AvgIpc) is 2.47. The average molecular weight is 325 g/mol. The van der Waals surface area contributed by atoms with E-state index in [2.05, 4.69) is 39.7 Å². The zero-order valence-corrected chi connectivity index (χ0v) is 12.9. The smallest absolute Gasteiger partial charge is 0.353 e. The van der Waals surface area contributed by atoms with Gasteiger partial charge in [-0.25, -0.2) is 0 Å². The molecule has 0 aliphatic carbocycles. The van der Waals surface area contributed by atoms with Gasteiger partial charge in [0.25, 0.3) is 0 Å². The van der Waals surface area contributed by atoms with Gasteiger partial charge in [0.2, 0.25) is 5.95 Å². The lowest BCUT2D eigenvalue weighted by molar-refractivity contribution is -0.137. The third-order valence-corrected chi connectivity index (χ3v) is 3.03. The first-order valence-electron chi connectivity index (χ1n) is 7.22. The van der Waals surface area contributed by atoms with E-state index in [-0.39, 0.29) is 5.69 Å². The number of rotatable bonds is 6. The first-order chi connectivity index (χ1) is 10.8. The second kappa shape index (κ2) is 7.26. The van der Waals surface area contributed by atoms with Crippen LogP contribution >= 0.6 is 0 Å². The molecule has 0 radical (unpaired) electrons. The summed E-state index contributed by atoms with van der Waals surface area (Å²) in [5.41, 5.74) is -0.437. The summed E-state index contributed by atoms with van der Waals surface area (Å²) in [6.45, 7) is 4.91. The van der Waals surface area contributed by atoms with E-state index in [4.69, 9.17) is 0 Å². The Balaban J connectivity index is 2.06. The van der Waals surface area contributed by atoms with Crippen LogP contribution in [0.4, 0.5) is 30.6 Å². The Morgan fingerprint density at radius 2 is 2.00 bits per heavy atom. The topological polar surface area (TPSA) is 62.7 Å². The predicted octanol–water partition coefficient (Wildman–Crippen LogP) is 4.09. The van der Waals surface area contributed by atoms with Crippen LogP contribution < -0.4 is 10.6 Å². The van der Waals surface area contributed by atoms with Crippen molar-refractivity contribution < 1.29 is 13.2 Å². The van der Waals surface area contributed by atoms with E-state index in [1.165, 1.54) is 18.3 Å². The zero-order valence-electron chi connectivity index (χ0n) is 12.9. The van der Waals surface area contributed by atoms with Gasteiger partial charge in [-0.3, -0.25) is 0 Å². The van der Waals surface area contributed by atoms with Gasteiger partial charge in [-0.1, -0.05) is 19.9 Å². The molecule has 23 heavy (non-hydrogen) atoms. The summed E-state index contributed by atoms with van der Waals surface area (Å²) in [6, 6.07) is 4.90. The van der Waals surface area contributed by atoms with Crippen LogP contribution in [0.15, 0.2) is 30.5 Å². The summed E-state index contributed by atoms with van der Waals surface area (Å²) in [7, 11) is 0. The van der Waals surface area contributed by atoms with Gasteiger partial charge in [-0.15, -0.1) is 5.10 Å². The van der Waals surface area contributed by atoms with Crippen LogP contribution in [-0.4, -0.2) is 21.7 Å². The Kier molecular flexibility index (Phi) is 5.36. The molecule has 1 heterocycles. The molecule has 0 fully saturated rings. The van der Waals surface area contributed by atoms with Crippen molar-refractivity contribution in [3.8, 4) is 0 Å². The fraction of sp³-hybridized carbons (Fsp3) is 0.400.